The van der Waals surface area contributed by atoms with Crippen LogP contribution < -0.4 is 0 Å². The molecule has 3 atom stereocenters. The van der Waals surface area contributed by atoms with E-state index in [1.807, 2.05) is 48.8 Å². The number of piperidine rings is 1. The highest BCUT2D eigenvalue weighted by atomic mass is 16.6. The minimum atomic E-state index is -0.154. The van der Waals surface area contributed by atoms with Gasteiger partial charge in [0.1, 0.15) is 6.61 Å². The molecule has 0 radical (unpaired) electrons. The molecule has 3 aliphatic rings. The van der Waals surface area contributed by atoms with Gasteiger partial charge in [0.25, 0.3) is 0 Å². The number of fused-ring (bicyclic) bond motifs is 1. The predicted octanol–water partition coefficient (Wildman–Crippen LogP) is 6.14. The molecule has 4 heteroatoms. The molecule has 1 aromatic heterocycles. The van der Waals surface area contributed by atoms with Gasteiger partial charge in [0.15, 0.2) is 0 Å². The quantitative estimate of drug-likeness (QED) is 0.493. The summed E-state index contributed by atoms with van der Waals surface area (Å²) in [6, 6.07) is 21.3. The molecule has 6 rings (SSSR count). The highest BCUT2D eigenvalue weighted by Gasteiger charge is 2.55. The van der Waals surface area contributed by atoms with E-state index in [1.54, 1.807) is 0 Å². The van der Waals surface area contributed by atoms with Crippen LogP contribution in [0.1, 0.15) is 48.8 Å². The molecule has 2 aliphatic carbocycles. The van der Waals surface area contributed by atoms with Crippen molar-refractivity contribution in [1.29, 1.82) is 0 Å². The summed E-state index contributed by atoms with van der Waals surface area (Å²) in [6.07, 6.45) is 10.5. The van der Waals surface area contributed by atoms with Gasteiger partial charge in [-0.1, -0.05) is 67.4 Å². The van der Waals surface area contributed by atoms with Crippen LogP contribution in [0.25, 0.3) is 11.1 Å². The number of benzene rings is 2. The molecule has 1 amide bonds. The van der Waals surface area contributed by atoms with Gasteiger partial charge in [0.2, 0.25) is 0 Å². The Bertz CT molecular complexity index is 1150. The molecule has 2 fully saturated rings. The summed E-state index contributed by atoms with van der Waals surface area (Å²) < 4.78 is 5.78. The SMILES string of the molecule is O=C(OCc1ccccc1)N1CCC23CCCC[C@@H]2[C@H]1Cc1ccc(-c2cccnc2)cc13. The van der Waals surface area contributed by atoms with E-state index in [4.69, 9.17) is 4.74 Å². The van der Waals surface area contributed by atoms with Crippen molar-refractivity contribution in [1.82, 2.24) is 9.88 Å². The summed E-state index contributed by atoms with van der Waals surface area (Å²) in [5.41, 5.74) is 6.59. The van der Waals surface area contributed by atoms with Gasteiger partial charge in [-0.2, -0.15) is 0 Å². The highest BCUT2D eigenvalue weighted by molar-refractivity contribution is 5.70. The molecule has 1 aliphatic heterocycles. The zero-order valence-corrected chi connectivity index (χ0v) is 19.0. The first-order valence-electron chi connectivity index (χ1n) is 12.3. The van der Waals surface area contributed by atoms with Crippen molar-refractivity contribution >= 4 is 6.09 Å². The number of rotatable bonds is 3. The van der Waals surface area contributed by atoms with E-state index in [1.165, 1.54) is 47.9 Å². The van der Waals surface area contributed by atoms with E-state index < -0.39 is 0 Å². The van der Waals surface area contributed by atoms with E-state index in [-0.39, 0.29) is 17.6 Å². The largest absolute Gasteiger partial charge is 0.445 e. The molecular formula is C29H30N2O2. The van der Waals surface area contributed by atoms with E-state index in [0.29, 0.717) is 12.5 Å². The molecule has 0 N–H and O–H groups in total. The first-order chi connectivity index (χ1) is 16.2. The molecule has 1 unspecified atom stereocenters. The van der Waals surface area contributed by atoms with Crippen LogP contribution in [-0.4, -0.2) is 28.6 Å². The number of amides is 1. The van der Waals surface area contributed by atoms with E-state index >= 15 is 0 Å². The third-order valence-corrected chi connectivity index (χ3v) is 8.27. The van der Waals surface area contributed by atoms with E-state index in [0.717, 1.165) is 24.9 Å². The molecular weight excluding hydrogens is 408 g/mol. The number of carbonyl (C=O) groups is 1. The van der Waals surface area contributed by atoms with Crippen LogP contribution in [0.5, 0.6) is 0 Å². The fourth-order valence-electron chi connectivity index (χ4n) is 6.75. The number of hydrogen-bond donors (Lipinski definition) is 0. The second-order valence-electron chi connectivity index (χ2n) is 9.88. The van der Waals surface area contributed by atoms with E-state index in [2.05, 4.69) is 34.1 Å². The summed E-state index contributed by atoms with van der Waals surface area (Å²) in [6.45, 7) is 1.12. The van der Waals surface area contributed by atoms with Crippen molar-refractivity contribution in [3.63, 3.8) is 0 Å². The maximum Gasteiger partial charge on any atom is 0.410 e. The molecule has 1 saturated carbocycles. The van der Waals surface area contributed by atoms with Gasteiger partial charge >= 0.3 is 6.09 Å². The van der Waals surface area contributed by atoms with E-state index in [9.17, 15) is 4.79 Å². The fraction of sp³-hybridized carbons (Fsp3) is 0.379. The van der Waals surface area contributed by atoms with Gasteiger partial charge in [0.05, 0.1) is 0 Å². The van der Waals surface area contributed by atoms with Gasteiger partial charge < -0.3 is 9.64 Å². The molecule has 33 heavy (non-hydrogen) atoms. The van der Waals surface area contributed by atoms with Crippen molar-refractivity contribution in [2.24, 2.45) is 5.92 Å². The van der Waals surface area contributed by atoms with Crippen LogP contribution in [0, 0.1) is 5.92 Å². The van der Waals surface area contributed by atoms with Crippen LogP contribution in [0.4, 0.5) is 4.79 Å². The van der Waals surface area contributed by atoms with Crippen LogP contribution in [0.15, 0.2) is 73.1 Å². The van der Waals surface area contributed by atoms with Crippen molar-refractivity contribution in [3.05, 3.63) is 89.7 Å². The third-order valence-electron chi connectivity index (χ3n) is 8.27. The zero-order chi connectivity index (χ0) is 22.3. The van der Waals surface area contributed by atoms with Gasteiger partial charge in [-0.3, -0.25) is 4.98 Å². The lowest BCUT2D eigenvalue weighted by Crippen LogP contribution is -2.62. The lowest BCUT2D eigenvalue weighted by Gasteiger charge is -2.58. The monoisotopic (exact) mass is 438 g/mol. The summed E-state index contributed by atoms with van der Waals surface area (Å²) >= 11 is 0. The number of aromatic nitrogens is 1. The lowest BCUT2D eigenvalue weighted by molar-refractivity contribution is -0.0136. The second kappa shape index (κ2) is 8.33. The maximum atomic E-state index is 13.2. The summed E-state index contributed by atoms with van der Waals surface area (Å²) in [7, 11) is 0. The molecule has 2 heterocycles. The minimum Gasteiger partial charge on any atom is -0.445 e. The average molecular weight is 439 g/mol. The molecule has 0 spiro atoms. The van der Waals surface area contributed by atoms with Crippen LogP contribution in [-0.2, 0) is 23.2 Å². The van der Waals surface area contributed by atoms with Gasteiger partial charge in [0, 0.05) is 30.4 Å². The molecule has 4 nitrogen and oxygen atoms in total. The third kappa shape index (κ3) is 3.52. The fourth-order valence-corrected chi connectivity index (χ4v) is 6.75. The normalized spacial score (nSPS) is 25.6. The smallest absolute Gasteiger partial charge is 0.410 e. The maximum absolute atomic E-state index is 13.2. The second-order valence-corrected chi connectivity index (χ2v) is 9.88. The van der Waals surface area contributed by atoms with Crippen LogP contribution in [0.3, 0.4) is 0 Å². The van der Waals surface area contributed by atoms with Crippen molar-refractivity contribution < 1.29 is 9.53 Å². The lowest BCUT2D eigenvalue weighted by atomic mass is 9.52. The minimum absolute atomic E-state index is 0.154. The van der Waals surface area contributed by atoms with Crippen LogP contribution >= 0.6 is 0 Å². The Labute approximate surface area is 195 Å². The Kier molecular flexibility index (Phi) is 5.17. The number of pyridine rings is 1. The van der Waals surface area contributed by atoms with Gasteiger partial charge in [-0.25, -0.2) is 4.79 Å². The highest BCUT2D eigenvalue weighted by Crippen LogP contribution is 2.56. The summed E-state index contributed by atoms with van der Waals surface area (Å²) in [4.78, 5) is 19.6. The number of hydrogen-bond acceptors (Lipinski definition) is 3. The molecule has 168 valence electrons. The van der Waals surface area contributed by atoms with Crippen LogP contribution in [0.2, 0.25) is 0 Å². The molecule has 2 aromatic carbocycles. The Hall–Kier alpha value is -3.14. The first kappa shape index (κ1) is 20.5. The van der Waals surface area contributed by atoms with Crippen molar-refractivity contribution in [3.8, 4) is 11.1 Å². The number of likely N-dealkylation sites (tertiary alicyclic amines) is 1. The zero-order valence-electron chi connectivity index (χ0n) is 19.0. The van der Waals surface area contributed by atoms with Crippen molar-refractivity contribution in [2.45, 2.75) is 56.6 Å². The Balaban J connectivity index is 1.31. The Morgan fingerprint density at radius 1 is 1.03 bits per heavy atom. The number of ether oxygens (including phenoxy) is 1. The average Bonchev–Trinajstić information content (AvgIpc) is 2.88. The predicted molar refractivity (Wildman–Crippen MR) is 129 cm³/mol. The Morgan fingerprint density at radius 3 is 2.79 bits per heavy atom. The van der Waals surface area contributed by atoms with Crippen molar-refractivity contribution in [2.75, 3.05) is 6.54 Å². The first-order valence-corrected chi connectivity index (χ1v) is 12.3. The molecule has 3 aromatic rings. The van der Waals surface area contributed by atoms with Gasteiger partial charge in [-0.15, -0.1) is 0 Å². The standard InChI is InChI=1S/C29H30N2O2/c32-28(33-20-21-7-2-1-3-8-21)31-16-14-29-13-5-4-10-25(29)27(31)18-23-12-11-22(17-26(23)29)24-9-6-15-30-19-24/h1-3,6-9,11-12,15,17,19,25,27H,4-5,10,13-14,16,18,20H2/t25-,27-,29?/m1/s1. The molecule has 2 bridgehead atoms. The molecule has 1 saturated heterocycles. The number of nitrogens with zero attached hydrogens (tertiary/aromatic N) is 2. The van der Waals surface area contributed by atoms with Gasteiger partial charge in [-0.05, 0) is 65.5 Å². The number of carbonyl (C=O) groups excluding carboxylic acids is 1. The topological polar surface area (TPSA) is 42.4 Å². The Morgan fingerprint density at radius 2 is 1.94 bits per heavy atom. The summed E-state index contributed by atoms with van der Waals surface area (Å²) in [5, 5.41) is 0. The summed E-state index contributed by atoms with van der Waals surface area (Å²) in [5.74, 6) is 0.515.